The normalized spacial score (nSPS) is 14.3. The molecule has 1 aliphatic heterocycles. The topological polar surface area (TPSA) is 69.7 Å². The summed E-state index contributed by atoms with van der Waals surface area (Å²) in [5.74, 6) is -0.364. The molecule has 7 heteroatoms. The van der Waals surface area contributed by atoms with Gasteiger partial charge in [0.05, 0.1) is 6.54 Å². The zero-order valence-electron chi connectivity index (χ0n) is 13.0. The lowest BCUT2D eigenvalue weighted by atomic mass is 10.2. The zero-order chi connectivity index (χ0) is 16.9. The Labute approximate surface area is 143 Å². The molecule has 0 aliphatic carbocycles. The fourth-order valence-corrected chi connectivity index (χ4v) is 3.17. The highest BCUT2D eigenvalue weighted by atomic mass is 32.1. The van der Waals surface area contributed by atoms with E-state index in [1.807, 2.05) is 47.8 Å². The van der Waals surface area contributed by atoms with E-state index in [0.29, 0.717) is 13.0 Å². The van der Waals surface area contributed by atoms with Gasteiger partial charge in [0.15, 0.2) is 0 Å². The Hall–Kier alpha value is -2.67. The van der Waals surface area contributed by atoms with Crippen LogP contribution in [-0.2, 0) is 17.8 Å². The summed E-state index contributed by atoms with van der Waals surface area (Å²) in [4.78, 5) is 39.7. The van der Waals surface area contributed by atoms with Crippen molar-refractivity contribution in [1.29, 1.82) is 0 Å². The molecule has 0 spiro atoms. The summed E-state index contributed by atoms with van der Waals surface area (Å²) in [6.07, 6.45) is 0.702. The zero-order valence-corrected chi connectivity index (χ0v) is 13.8. The molecule has 0 saturated carbocycles. The van der Waals surface area contributed by atoms with Crippen LogP contribution >= 0.6 is 11.3 Å². The van der Waals surface area contributed by atoms with Gasteiger partial charge < -0.3 is 5.32 Å². The van der Waals surface area contributed by atoms with E-state index in [4.69, 9.17) is 0 Å². The van der Waals surface area contributed by atoms with Crippen LogP contribution in [0.1, 0.15) is 10.4 Å². The summed E-state index contributed by atoms with van der Waals surface area (Å²) < 4.78 is 0. The molecule has 1 fully saturated rings. The van der Waals surface area contributed by atoms with E-state index in [-0.39, 0.29) is 19.0 Å². The molecule has 1 N–H and O–H groups in total. The molecular weight excluding hydrogens is 326 g/mol. The van der Waals surface area contributed by atoms with Gasteiger partial charge in [0.1, 0.15) is 6.54 Å². The number of carbonyl (C=O) groups excluding carboxylic acids is 3. The molecule has 2 heterocycles. The molecule has 5 amide bonds. The number of benzene rings is 1. The second kappa shape index (κ2) is 7.27. The molecule has 0 atom stereocenters. The monoisotopic (exact) mass is 343 g/mol. The molecule has 3 rings (SSSR count). The van der Waals surface area contributed by atoms with Crippen LogP contribution in [-0.4, -0.2) is 40.9 Å². The number of rotatable bonds is 5. The summed E-state index contributed by atoms with van der Waals surface area (Å²) in [6.45, 7) is 0.393. The second-order valence-corrected chi connectivity index (χ2v) is 6.43. The number of carbonyl (C=O) groups is 3. The van der Waals surface area contributed by atoms with Gasteiger partial charge in [-0.25, -0.2) is 14.5 Å². The number of nitrogens with zero attached hydrogens (tertiary/aromatic N) is 2. The Morgan fingerprint density at radius 1 is 1.12 bits per heavy atom. The van der Waals surface area contributed by atoms with E-state index in [1.165, 1.54) is 0 Å². The van der Waals surface area contributed by atoms with Crippen LogP contribution in [0.15, 0.2) is 47.8 Å². The van der Waals surface area contributed by atoms with E-state index in [1.54, 1.807) is 11.3 Å². The molecule has 1 aromatic carbocycles. The standard InChI is InChI=1S/C17H17N3O3S/c21-15-12-20(16(22)18-9-8-14-7-4-10-24-14)17(23)19(15)11-13-5-2-1-3-6-13/h1-7,10H,8-9,11-12H2,(H,18,22). The molecule has 24 heavy (non-hydrogen) atoms. The molecule has 1 aromatic heterocycles. The predicted octanol–water partition coefficient (Wildman–Crippen LogP) is 2.46. The number of urea groups is 2. The van der Waals surface area contributed by atoms with Crippen molar-refractivity contribution in [3.63, 3.8) is 0 Å². The van der Waals surface area contributed by atoms with Crippen LogP contribution in [0, 0.1) is 0 Å². The summed E-state index contributed by atoms with van der Waals surface area (Å²) >= 11 is 1.62. The van der Waals surface area contributed by atoms with Gasteiger partial charge in [-0.05, 0) is 23.4 Å². The first-order valence-corrected chi connectivity index (χ1v) is 8.49. The first-order valence-electron chi connectivity index (χ1n) is 7.61. The van der Waals surface area contributed by atoms with Crippen LogP contribution in [0.2, 0.25) is 0 Å². The highest BCUT2D eigenvalue weighted by Crippen LogP contribution is 2.15. The lowest BCUT2D eigenvalue weighted by molar-refractivity contribution is -0.125. The highest BCUT2D eigenvalue weighted by molar-refractivity contribution is 7.09. The third-order valence-corrected chi connectivity index (χ3v) is 4.65. The Kier molecular flexibility index (Phi) is 4.90. The maximum Gasteiger partial charge on any atom is 0.335 e. The lowest BCUT2D eigenvalue weighted by Crippen LogP contribution is -2.43. The number of hydrogen-bond acceptors (Lipinski definition) is 4. The van der Waals surface area contributed by atoms with Crippen LogP contribution in [0.4, 0.5) is 9.59 Å². The third-order valence-electron chi connectivity index (χ3n) is 3.71. The van der Waals surface area contributed by atoms with Crippen molar-refractivity contribution in [3.8, 4) is 0 Å². The quantitative estimate of drug-likeness (QED) is 0.848. The summed E-state index contributed by atoms with van der Waals surface area (Å²) in [5, 5.41) is 4.67. The van der Waals surface area contributed by atoms with Gasteiger partial charge in [-0.2, -0.15) is 0 Å². The first kappa shape index (κ1) is 16.2. The Bertz CT molecular complexity index is 731. The molecule has 2 aromatic rings. The van der Waals surface area contributed by atoms with E-state index in [2.05, 4.69) is 5.32 Å². The van der Waals surface area contributed by atoms with Crippen LogP contribution < -0.4 is 5.32 Å². The van der Waals surface area contributed by atoms with Crippen LogP contribution in [0.3, 0.4) is 0 Å². The minimum Gasteiger partial charge on any atom is -0.337 e. The number of amides is 5. The molecule has 0 bridgehead atoms. The van der Waals surface area contributed by atoms with Crippen molar-refractivity contribution in [2.45, 2.75) is 13.0 Å². The van der Waals surface area contributed by atoms with Gasteiger partial charge in [-0.15, -0.1) is 11.3 Å². The Morgan fingerprint density at radius 2 is 1.92 bits per heavy atom. The molecule has 0 unspecified atom stereocenters. The smallest absolute Gasteiger partial charge is 0.335 e. The van der Waals surface area contributed by atoms with Crippen molar-refractivity contribution in [2.75, 3.05) is 13.1 Å². The largest absolute Gasteiger partial charge is 0.337 e. The van der Waals surface area contributed by atoms with Gasteiger partial charge >= 0.3 is 12.1 Å². The Morgan fingerprint density at radius 3 is 2.62 bits per heavy atom. The van der Waals surface area contributed by atoms with Gasteiger partial charge in [-0.1, -0.05) is 36.4 Å². The fourth-order valence-electron chi connectivity index (χ4n) is 2.46. The molecule has 1 saturated heterocycles. The predicted molar refractivity (Wildman–Crippen MR) is 90.5 cm³/mol. The lowest BCUT2D eigenvalue weighted by Gasteiger charge is -2.16. The first-order chi connectivity index (χ1) is 11.6. The maximum atomic E-state index is 12.3. The number of imide groups is 2. The second-order valence-electron chi connectivity index (χ2n) is 5.40. The van der Waals surface area contributed by atoms with Crippen LogP contribution in [0.5, 0.6) is 0 Å². The molecule has 0 radical (unpaired) electrons. The van der Waals surface area contributed by atoms with E-state index < -0.39 is 12.1 Å². The minimum absolute atomic E-state index is 0.178. The SMILES string of the molecule is O=C1CN(C(=O)NCCc2cccs2)C(=O)N1Cc1ccccc1. The number of thiophene rings is 1. The average molecular weight is 343 g/mol. The fraction of sp³-hybridized carbons (Fsp3) is 0.235. The summed E-state index contributed by atoms with van der Waals surface area (Å²) in [7, 11) is 0. The van der Waals surface area contributed by atoms with Crippen LogP contribution in [0.25, 0.3) is 0 Å². The molecule has 6 nitrogen and oxygen atoms in total. The third kappa shape index (κ3) is 3.62. The van der Waals surface area contributed by atoms with E-state index in [9.17, 15) is 14.4 Å². The van der Waals surface area contributed by atoms with E-state index in [0.717, 1.165) is 20.2 Å². The van der Waals surface area contributed by atoms with E-state index >= 15 is 0 Å². The number of hydrogen-bond donors (Lipinski definition) is 1. The van der Waals surface area contributed by atoms with Crippen molar-refractivity contribution in [1.82, 2.24) is 15.1 Å². The van der Waals surface area contributed by atoms with Crippen molar-refractivity contribution >= 4 is 29.3 Å². The van der Waals surface area contributed by atoms with Gasteiger partial charge in [0.2, 0.25) is 0 Å². The number of nitrogens with one attached hydrogen (secondary N) is 1. The van der Waals surface area contributed by atoms with Gasteiger partial charge in [0, 0.05) is 11.4 Å². The summed E-state index contributed by atoms with van der Waals surface area (Å²) in [5.41, 5.74) is 0.846. The average Bonchev–Trinajstić information content (AvgIpc) is 3.19. The summed E-state index contributed by atoms with van der Waals surface area (Å²) in [6, 6.07) is 12.1. The Balaban J connectivity index is 1.55. The molecular formula is C17H17N3O3S. The highest BCUT2D eigenvalue weighted by Gasteiger charge is 2.39. The van der Waals surface area contributed by atoms with Crippen molar-refractivity contribution in [2.24, 2.45) is 0 Å². The molecule has 124 valence electrons. The minimum atomic E-state index is -0.572. The van der Waals surface area contributed by atoms with Gasteiger partial charge in [0.25, 0.3) is 5.91 Å². The molecule has 1 aliphatic rings. The van der Waals surface area contributed by atoms with Crippen molar-refractivity contribution < 1.29 is 14.4 Å². The maximum absolute atomic E-state index is 12.3. The van der Waals surface area contributed by atoms with Gasteiger partial charge in [-0.3, -0.25) is 9.69 Å². The van der Waals surface area contributed by atoms with Crippen molar-refractivity contribution in [3.05, 3.63) is 58.3 Å².